The third-order valence-electron chi connectivity index (χ3n) is 4.63. The number of rotatable bonds is 7. The van der Waals surface area contributed by atoms with Gasteiger partial charge in [-0.1, -0.05) is 28.1 Å². The highest BCUT2D eigenvalue weighted by Gasteiger charge is 2.15. The van der Waals surface area contributed by atoms with E-state index in [2.05, 4.69) is 20.9 Å². The van der Waals surface area contributed by atoms with Crippen LogP contribution >= 0.6 is 27.3 Å². The van der Waals surface area contributed by atoms with Gasteiger partial charge in [0.25, 0.3) is 5.56 Å². The smallest absolute Gasteiger partial charge is 0.262 e. The van der Waals surface area contributed by atoms with Gasteiger partial charge in [0.05, 0.1) is 25.4 Å². The van der Waals surface area contributed by atoms with Gasteiger partial charge in [-0.3, -0.25) is 9.36 Å². The number of methoxy groups -OCH3 is 1. The number of aliphatic hydroxyl groups is 1. The summed E-state index contributed by atoms with van der Waals surface area (Å²) < 4.78 is 13.2. The molecule has 0 fully saturated rings. The van der Waals surface area contributed by atoms with Gasteiger partial charge < -0.3 is 14.6 Å². The van der Waals surface area contributed by atoms with Crippen LogP contribution in [-0.4, -0.2) is 34.5 Å². The molecular weight excluding hydrogens is 468 g/mol. The molecule has 2 heterocycles. The molecule has 8 heteroatoms. The second-order valence-corrected chi connectivity index (χ2v) is 8.45. The van der Waals surface area contributed by atoms with Gasteiger partial charge in [-0.15, -0.1) is 11.3 Å². The summed E-state index contributed by atoms with van der Waals surface area (Å²) in [6, 6.07) is 14.9. The summed E-state index contributed by atoms with van der Waals surface area (Å²) in [5, 5.41) is 12.9. The summed E-state index contributed by atoms with van der Waals surface area (Å²) in [6.07, 6.45) is 0.621. The first-order chi connectivity index (χ1) is 14.5. The Bertz CT molecular complexity index is 1200. The Hall–Kier alpha value is -2.68. The van der Waals surface area contributed by atoms with Gasteiger partial charge in [-0.2, -0.15) is 0 Å². The van der Waals surface area contributed by atoms with Crippen molar-refractivity contribution >= 4 is 37.5 Å². The number of benzene rings is 2. The quantitative estimate of drug-likeness (QED) is 0.420. The highest BCUT2D eigenvalue weighted by atomic mass is 79.9. The molecule has 1 atom stereocenters. The van der Waals surface area contributed by atoms with Gasteiger partial charge in [0.15, 0.2) is 0 Å². The third kappa shape index (κ3) is 4.40. The van der Waals surface area contributed by atoms with Crippen LogP contribution < -0.4 is 15.0 Å². The summed E-state index contributed by atoms with van der Waals surface area (Å²) in [5.41, 5.74) is 1.55. The van der Waals surface area contributed by atoms with E-state index in [1.54, 1.807) is 7.11 Å². The predicted molar refractivity (Wildman–Crippen MR) is 122 cm³/mol. The molecule has 0 bridgehead atoms. The zero-order valence-corrected chi connectivity index (χ0v) is 18.5. The van der Waals surface area contributed by atoms with E-state index >= 15 is 0 Å². The van der Waals surface area contributed by atoms with Gasteiger partial charge in [0, 0.05) is 15.4 Å². The number of hydrogen-bond donors (Lipinski definition) is 1. The van der Waals surface area contributed by atoms with Gasteiger partial charge in [0.1, 0.15) is 29.0 Å². The molecule has 6 nitrogen and oxygen atoms in total. The monoisotopic (exact) mass is 486 g/mol. The zero-order chi connectivity index (χ0) is 21.1. The summed E-state index contributed by atoms with van der Waals surface area (Å²) in [7, 11) is 1.61. The van der Waals surface area contributed by atoms with Crippen molar-refractivity contribution in [3.63, 3.8) is 0 Å². The molecule has 2 aromatic heterocycles. The predicted octanol–water partition coefficient (Wildman–Crippen LogP) is 4.34. The number of thiophene rings is 1. The molecule has 0 aliphatic rings. The highest BCUT2D eigenvalue weighted by Crippen LogP contribution is 2.31. The molecule has 0 radical (unpaired) electrons. The van der Waals surface area contributed by atoms with Gasteiger partial charge in [-0.25, -0.2) is 4.98 Å². The third-order valence-corrected chi connectivity index (χ3v) is 6.04. The Kier molecular flexibility index (Phi) is 6.17. The molecule has 0 unspecified atom stereocenters. The van der Waals surface area contributed by atoms with E-state index in [4.69, 9.17) is 9.47 Å². The van der Waals surface area contributed by atoms with Crippen LogP contribution in [0.15, 0.2) is 69.5 Å². The molecule has 4 rings (SSSR count). The minimum atomic E-state index is -0.853. The lowest BCUT2D eigenvalue weighted by atomic mass is 10.1. The second-order valence-electron chi connectivity index (χ2n) is 6.68. The van der Waals surface area contributed by atoms with Crippen LogP contribution in [0.1, 0.15) is 0 Å². The summed E-state index contributed by atoms with van der Waals surface area (Å²) in [6.45, 7) is 0.164. The Labute approximate surface area is 185 Å². The fourth-order valence-electron chi connectivity index (χ4n) is 3.08. The number of aromatic nitrogens is 2. The van der Waals surface area contributed by atoms with Crippen LogP contribution in [0.3, 0.4) is 0 Å². The van der Waals surface area contributed by atoms with Crippen molar-refractivity contribution in [3.8, 4) is 22.6 Å². The van der Waals surface area contributed by atoms with Crippen LogP contribution in [0.2, 0.25) is 0 Å². The minimum absolute atomic E-state index is 0.0705. The van der Waals surface area contributed by atoms with Crippen molar-refractivity contribution in [1.82, 2.24) is 9.55 Å². The maximum atomic E-state index is 13.1. The largest absolute Gasteiger partial charge is 0.497 e. The molecule has 4 aromatic rings. The molecule has 0 saturated carbocycles. The maximum Gasteiger partial charge on any atom is 0.262 e. The molecule has 0 spiro atoms. The van der Waals surface area contributed by atoms with Crippen molar-refractivity contribution in [2.24, 2.45) is 0 Å². The molecule has 0 amide bonds. The molecule has 30 heavy (non-hydrogen) atoms. The van der Waals surface area contributed by atoms with E-state index in [-0.39, 0.29) is 18.7 Å². The molecule has 0 saturated heterocycles. The highest BCUT2D eigenvalue weighted by molar-refractivity contribution is 9.10. The molecule has 154 valence electrons. The first-order valence-electron chi connectivity index (χ1n) is 9.22. The lowest BCUT2D eigenvalue weighted by Gasteiger charge is -2.14. The Morgan fingerprint density at radius 1 is 1.13 bits per heavy atom. The van der Waals surface area contributed by atoms with E-state index in [9.17, 15) is 9.90 Å². The molecule has 2 aromatic carbocycles. The second kappa shape index (κ2) is 8.99. The number of halogens is 1. The Morgan fingerprint density at radius 2 is 1.83 bits per heavy atom. The van der Waals surface area contributed by atoms with Crippen LogP contribution in [0.25, 0.3) is 21.3 Å². The molecule has 1 N–H and O–H groups in total. The van der Waals surface area contributed by atoms with E-state index in [0.717, 1.165) is 21.3 Å². The summed E-state index contributed by atoms with van der Waals surface area (Å²) in [5.74, 6) is 1.40. The van der Waals surface area contributed by atoms with E-state index in [1.165, 1.54) is 22.2 Å². The number of nitrogens with zero attached hydrogens (tertiary/aromatic N) is 2. The van der Waals surface area contributed by atoms with Crippen molar-refractivity contribution in [2.75, 3.05) is 13.7 Å². The first-order valence-corrected chi connectivity index (χ1v) is 10.9. The average molecular weight is 487 g/mol. The van der Waals surface area contributed by atoms with Crippen molar-refractivity contribution < 1.29 is 14.6 Å². The van der Waals surface area contributed by atoms with Crippen molar-refractivity contribution in [1.29, 1.82) is 0 Å². The summed E-state index contributed by atoms with van der Waals surface area (Å²) >= 11 is 4.79. The average Bonchev–Trinajstić information content (AvgIpc) is 3.20. The standard InChI is InChI=1S/C22H19BrN2O4S/c1-28-17-6-2-14(3-7-17)19-12-30-21-20(19)22(27)25(13-24-21)10-16(26)11-29-18-8-4-15(23)5-9-18/h2-9,12-13,16,26H,10-11H2,1H3/t16-/m1/s1. The summed E-state index contributed by atoms with van der Waals surface area (Å²) in [4.78, 5) is 18.2. The van der Waals surface area contributed by atoms with Crippen LogP contribution in [0.5, 0.6) is 11.5 Å². The maximum absolute atomic E-state index is 13.1. The molecule has 0 aliphatic heterocycles. The number of hydrogen-bond acceptors (Lipinski definition) is 6. The molecule has 0 aliphatic carbocycles. The van der Waals surface area contributed by atoms with Crippen LogP contribution in [0.4, 0.5) is 0 Å². The SMILES string of the molecule is COc1ccc(-c2csc3ncn(C[C@@H](O)COc4ccc(Br)cc4)c(=O)c23)cc1. The van der Waals surface area contributed by atoms with Crippen LogP contribution in [-0.2, 0) is 6.54 Å². The van der Waals surface area contributed by atoms with E-state index < -0.39 is 6.10 Å². The minimum Gasteiger partial charge on any atom is -0.497 e. The van der Waals surface area contributed by atoms with Crippen LogP contribution in [0, 0.1) is 0 Å². The topological polar surface area (TPSA) is 73.6 Å². The van der Waals surface area contributed by atoms with E-state index in [0.29, 0.717) is 16.0 Å². The fourth-order valence-corrected chi connectivity index (χ4v) is 4.25. The zero-order valence-electron chi connectivity index (χ0n) is 16.1. The first kappa shape index (κ1) is 20.6. The van der Waals surface area contributed by atoms with Crippen molar-refractivity contribution in [2.45, 2.75) is 12.6 Å². The van der Waals surface area contributed by atoms with Crippen molar-refractivity contribution in [3.05, 3.63) is 75.1 Å². The van der Waals surface area contributed by atoms with Gasteiger partial charge in [-0.05, 0) is 42.0 Å². The number of aliphatic hydroxyl groups excluding tert-OH is 1. The lowest BCUT2D eigenvalue weighted by Crippen LogP contribution is -2.30. The normalized spacial score (nSPS) is 12.1. The lowest BCUT2D eigenvalue weighted by molar-refractivity contribution is 0.0915. The van der Waals surface area contributed by atoms with E-state index in [1.807, 2.05) is 53.9 Å². The van der Waals surface area contributed by atoms with Gasteiger partial charge >= 0.3 is 0 Å². The Morgan fingerprint density at radius 3 is 2.53 bits per heavy atom. The fraction of sp³-hybridized carbons (Fsp3) is 0.182. The number of fused-ring (bicyclic) bond motifs is 1. The number of ether oxygens (including phenoxy) is 2. The molecular formula is C22H19BrN2O4S. The van der Waals surface area contributed by atoms with Gasteiger partial charge in [0.2, 0.25) is 0 Å². The Balaban J connectivity index is 1.55.